The Bertz CT molecular complexity index is 1010. The molecule has 0 aliphatic rings. The molecule has 8 heteroatoms. The number of hydrogen-bond donors (Lipinski definition) is 0. The summed E-state index contributed by atoms with van der Waals surface area (Å²) in [7, 11) is -4.62. The highest BCUT2D eigenvalue weighted by Gasteiger charge is 2.39. The highest BCUT2D eigenvalue weighted by atomic mass is 79.9. The number of carbonyl (C=O) groups is 1. The Morgan fingerprint density at radius 2 is 1.72 bits per heavy atom. The zero-order chi connectivity index (χ0) is 22.0. The molecule has 0 saturated carbocycles. The Balaban J connectivity index is 2.44. The lowest BCUT2D eigenvalue weighted by molar-refractivity contribution is 0.0600. The van der Waals surface area contributed by atoms with Crippen molar-refractivity contribution in [3.8, 4) is 5.75 Å². The second kappa shape index (κ2) is 8.61. The Kier molecular flexibility index (Phi) is 7.02. The highest BCUT2D eigenvalue weighted by molar-refractivity contribution is 9.10. The van der Waals surface area contributed by atoms with Crippen molar-refractivity contribution < 1.29 is 22.4 Å². The molecule has 2 aromatic carbocycles. The minimum Gasteiger partial charge on any atom is -0.543 e. The van der Waals surface area contributed by atoms with Gasteiger partial charge in [-0.15, -0.1) is 0 Å². The van der Waals surface area contributed by atoms with Crippen LogP contribution in [0.2, 0.25) is 18.1 Å². The van der Waals surface area contributed by atoms with Crippen molar-refractivity contribution in [1.29, 1.82) is 0 Å². The van der Waals surface area contributed by atoms with Crippen LogP contribution in [0, 0.1) is 0 Å². The van der Waals surface area contributed by atoms with E-state index in [1.807, 2.05) is 12.1 Å². The van der Waals surface area contributed by atoms with Gasteiger partial charge in [0.1, 0.15) is 5.75 Å². The summed E-state index contributed by atoms with van der Waals surface area (Å²) in [6.07, 6.45) is 0. The zero-order valence-electron chi connectivity index (χ0n) is 17.6. The number of para-hydroxylation sites is 1. The van der Waals surface area contributed by atoms with Crippen LogP contribution in [0.5, 0.6) is 5.75 Å². The maximum Gasteiger partial charge on any atom is 0.337 e. The summed E-state index contributed by atoms with van der Waals surface area (Å²) in [5.74, 6) is -0.236. The van der Waals surface area contributed by atoms with E-state index in [1.54, 1.807) is 12.1 Å². The third-order valence-corrected chi connectivity index (χ3v) is 12.2. The number of esters is 1. The smallest absolute Gasteiger partial charge is 0.337 e. The Morgan fingerprint density at radius 1 is 1.10 bits per heavy atom. The largest absolute Gasteiger partial charge is 0.543 e. The molecule has 158 valence electrons. The molecule has 29 heavy (non-hydrogen) atoms. The molecule has 0 amide bonds. The van der Waals surface area contributed by atoms with Gasteiger partial charge in [-0.1, -0.05) is 39.0 Å². The van der Waals surface area contributed by atoms with Gasteiger partial charge < -0.3 is 9.16 Å². The van der Waals surface area contributed by atoms with Gasteiger partial charge in [0.15, 0.2) is 9.84 Å². The molecule has 2 rings (SSSR count). The average Bonchev–Trinajstić information content (AvgIpc) is 2.61. The molecular weight excluding hydrogens is 472 g/mol. The summed E-state index contributed by atoms with van der Waals surface area (Å²) in [5, 5.41) is -0.0170. The minimum atomic E-state index is -3.74. The van der Waals surface area contributed by atoms with E-state index in [9.17, 15) is 13.2 Å². The average molecular weight is 499 g/mol. The van der Waals surface area contributed by atoms with Crippen LogP contribution in [-0.4, -0.2) is 29.8 Å². The summed E-state index contributed by atoms with van der Waals surface area (Å²) < 4.78 is 37.8. The molecule has 0 radical (unpaired) electrons. The summed E-state index contributed by atoms with van der Waals surface area (Å²) in [4.78, 5) is 11.9. The van der Waals surface area contributed by atoms with Gasteiger partial charge in [0.05, 0.1) is 23.3 Å². The maximum absolute atomic E-state index is 13.2. The third-order valence-electron chi connectivity index (χ3n) is 5.18. The van der Waals surface area contributed by atoms with E-state index >= 15 is 0 Å². The molecule has 0 unspecified atom stereocenters. The van der Waals surface area contributed by atoms with Gasteiger partial charge in [-0.25, -0.2) is 13.2 Å². The predicted molar refractivity (Wildman–Crippen MR) is 121 cm³/mol. The van der Waals surface area contributed by atoms with Gasteiger partial charge in [0, 0.05) is 10.0 Å². The van der Waals surface area contributed by atoms with E-state index < -0.39 is 24.1 Å². The van der Waals surface area contributed by atoms with Gasteiger partial charge in [-0.05, 0) is 58.3 Å². The Labute approximate surface area is 182 Å². The molecule has 5 nitrogen and oxygen atoms in total. The summed E-state index contributed by atoms with van der Waals surface area (Å²) in [6.45, 7) is 10.6. The topological polar surface area (TPSA) is 69.7 Å². The van der Waals surface area contributed by atoms with E-state index in [0.29, 0.717) is 15.8 Å². The van der Waals surface area contributed by atoms with Crippen molar-refractivity contribution in [2.75, 3.05) is 7.11 Å². The van der Waals surface area contributed by atoms with Crippen molar-refractivity contribution in [2.24, 2.45) is 0 Å². The predicted octanol–water partition coefficient (Wildman–Crippen LogP) is 5.59. The third kappa shape index (κ3) is 5.49. The fourth-order valence-corrected chi connectivity index (χ4v) is 5.94. The molecule has 0 aromatic heterocycles. The molecule has 0 fully saturated rings. The molecule has 0 saturated heterocycles. The van der Waals surface area contributed by atoms with Crippen LogP contribution in [0.25, 0.3) is 0 Å². The second-order valence-electron chi connectivity index (χ2n) is 8.37. The quantitative estimate of drug-likeness (QED) is 0.383. The van der Waals surface area contributed by atoms with Crippen LogP contribution < -0.4 is 4.43 Å². The number of rotatable bonds is 6. The number of methoxy groups -OCH3 is 1. The van der Waals surface area contributed by atoms with Crippen LogP contribution in [0.1, 0.15) is 36.7 Å². The van der Waals surface area contributed by atoms with E-state index in [1.165, 1.54) is 25.3 Å². The Hall–Kier alpha value is -1.64. The van der Waals surface area contributed by atoms with E-state index in [2.05, 4.69) is 49.8 Å². The van der Waals surface area contributed by atoms with Crippen LogP contribution >= 0.6 is 15.9 Å². The first-order valence-electron chi connectivity index (χ1n) is 9.16. The standard InChI is InChI=1S/C21H27BrO5SSi/c1-21(2,3)29(5,6)27-18-10-8-7-9-16(18)14-28(24,25)19-13-15(20(23)26-4)11-12-17(19)22/h7-13H,14H2,1-6H3. The summed E-state index contributed by atoms with van der Waals surface area (Å²) in [5.41, 5.74) is 0.771. The summed E-state index contributed by atoms with van der Waals surface area (Å²) in [6, 6.07) is 11.6. The van der Waals surface area contributed by atoms with Crippen molar-refractivity contribution in [3.05, 3.63) is 58.1 Å². The van der Waals surface area contributed by atoms with Crippen LogP contribution in [-0.2, 0) is 20.3 Å². The van der Waals surface area contributed by atoms with Crippen molar-refractivity contribution >= 4 is 40.1 Å². The van der Waals surface area contributed by atoms with Crippen molar-refractivity contribution in [3.63, 3.8) is 0 Å². The molecule has 2 aromatic rings. The number of sulfone groups is 1. The molecule has 0 aliphatic carbocycles. The number of ether oxygens (including phenoxy) is 1. The lowest BCUT2D eigenvalue weighted by Crippen LogP contribution is -2.44. The number of halogens is 1. The first-order valence-corrected chi connectivity index (χ1v) is 14.5. The molecule has 0 heterocycles. The molecule has 0 N–H and O–H groups in total. The monoisotopic (exact) mass is 498 g/mol. The molecule has 0 atom stereocenters. The van der Waals surface area contributed by atoms with Gasteiger partial charge in [-0.3, -0.25) is 0 Å². The second-order valence-corrected chi connectivity index (χ2v) is 15.9. The molecular formula is C21H27BrO5SSi. The van der Waals surface area contributed by atoms with Crippen molar-refractivity contribution in [1.82, 2.24) is 0 Å². The first kappa shape index (κ1) is 23.6. The summed E-state index contributed by atoms with van der Waals surface area (Å²) >= 11 is 3.29. The number of benzene rings is 2. The fraction of sp³-hybridized carbons (Fsp3) is 0.381. The van der Waals surface area contributed by atoms with Gasteiger partial charge in [0.2, 0.25) is 8.32 Å². The molecule has 0 bridgehead atoms. The van der Waals surface area contributed by atoms with Gasteiger partial charge >= 0.3 is 5.97 Å². The number of carbonyl (C=O) groups excluding carboxylic acids is 1. The lowest BCUT2D eigenvalue weighted by atomic mass is 10.2. The first-order chi connectivity index (χ1) is 13.3. The highest BCUT2D eigenvalue weighted by Crippen LogP contribution is 2.39. The van der Waals surface area contributed by atoms with Crippen LogP contribution in [0.15, 0.2) is 51.8 Å². The molecule has 0 aliphatic heterocycles. The van der Waals surface area contributed by atoms with Crippen LogP contribution in [0.4, 0.5) is 0 Å². The van der Waals surface area contributed by atoms with E-state index in [-0.39, 0.29) is 21.3 Å². The normalized spacial score (nSPS) is 12.5. The number of hydrogen-bond acceptors (Lipinski definition) is 5. The Morgan fingerprint density at radius 3 is 2.31 bits per heavy atom. The van der Waals surface area contributed by atoms with E-state index in [0.717, 1.165) is 0 Å². The molecule has 0 spiro atoms. The lowest BCUT2D eigenvalue weighted by Gasteiger charge is -2.37. The zero-order valence-corrected chi connectivity index (χ0v) is 21.0. The maximum atomic E-state index is 13.2. The van der Waals surface area contributed by atoms with Crippen LogP contribution in [0.3, 0.4) is 0 Å². The van der Waals surface area contributed by atoms with Gasteiger partial charge in [0.25, 0.3) is 0 Å². The van der Waals surface area contributed by atoms with Crippen molar-refractivity contribution in [2.45, 2.75) is 49.6 Å². The van der Waals surface area contributed by atoms with E-state index in [4.69, 9.17) is 9.16 Å². The minimum absolute atomic E-state index is 0.0170. The van der Waals surface area contributed by atoms with Gasteiger partial charge in [-0.2, -0.15) is 0 Å². The SMILES string of the molecule is COC(=O)c1ccc(Br)c(S(=O)(=O)Cc2ccccc2O[Si](C)(C)C(C)(C)C)c1. The fourth-order valence-electron chi connectivity index (χ4n) is 2.42.